The van der Waals surface area contributed by atoms with Crippen LogP contribution in [0, 0.1) is 13.8 Å². The Hall–Kier alpha value is -3.48. The molecule has 0 aliphatic carbocycles. The molecule has 3 rings (SSSR count). The van der Waals surface area contributed by atoms with Gasteiger partial charge in [0.25, 0.3) is 11.8 Å². The van der Waals surface area contributed by atoms with Gasteiger partial charge >= 0.3 is 0 Å². The fourth-order valence-corrected chi connectivity index (χ4v) is 2.51. The molecular weight excluding hydrogens is 332 g/mol. The summed E-state index contributed by atoms with van der Waals surface area (Å²) in [5, 5.41) is 9.34. The summed E-state index contributed by atoms with van der Waals surface area (Å²) in [5.74, 6) is -0.124. The van der Waals surface area contributed by atoms with Crippen molar-refractivity contribution in [2.45, 2.75) is 20.4 Å². The Morgan fingerprint density at radius 1 is 1.08 bits per heavy atom. The second-order valence-electron chi connectivity index (χ2n) is 5.74. The van der Waals surface area contributed by atoms with Crippen molar-refractivity contribution in [3.05, 3.63) is 76.9 Å². The highest BCUT2D eigenvalue weighted by Gasteiger charge is 2.18. The smallest absolute Gasteiger partial charge is 0.261 e. The third-order valence-corrected chi connectivity index (χ3v) is 3.80. The number of hydrogen-bond donors (Lipinski definition) is 2. The number of aryl methyl sites for hydroxylation is 2. The van der Waals surface area contributed by atoms with Gasteiger partial charge in [0.2, 0.25) is 0 Å². The molecule has 0 aliphatic rings. The summed E-state index contributed by atoms with van der Waals surface area (Å²) in [5.41, 5.74) is 2.64. The topological polar surface area (TPSA) is 97.1 Å². The molecule has 3 aromatic rings. The van der Waals surface area contributed by atoms with Gasteiger partial charge in [-0.1, -0.05) is 17.3 Å². The molecule has 0 saturated heterocycles. The number of benzene rings is 1. The summed E-state index contributed by atoms with van der Waals surface area (Å²) in [4.78, 5) is 28.9. The summed E-state index contributed by atoms with van der Waals surface area (Å²) < 4.78 is 5.01. The van der Waals surface area contributed by atoms with Crippen LogP contribution in [0.1, 0.15) is 37.9 Å². The van der Waals surface area contributed by atoms with Gasteiger partial charge in [0.1, 0.15) is 11.3 Å². The minimum Gasteiger partial charge on any atom is -0.361 e. The van der Waals surface area contributed by atoms with Crippen LogP contribution in [0.25, 0.3) is 0 Å². The average molecular weight is 350 g/mol. The Labute approximate surface area is 150 Å². The molecule has 2 aromatic heterocycles. The highest BCUT2D eigenvalue weighted by atomic mass is 16.5. The van der Waals surface area contributed by atoms with E-state index in [2.05, 4.69) is 20.8 Å². The number of amides is 2. The van der Waals surface area contributed by atoms with E-state index in [1.165, 1.54) is 0 Å². The molecule has 26 heavy (non-hydrogen) atoms. The number of nitrogens with zero attached hydrogens (tertiary/aromatic N) is 2. The lowest BCUT2D eigenvalue weighted by atomic mass is 10.1. The average Bonchev–Trinajstić information content (AvgIpc) is 2.99. The zero-order valence-corrected chi connectivity index (χ0v) is 14.4. The fourth-order valence-electron chi connectivity index (χ4n) is 2.51. The lowest BCUT2D eigenvalue weighted by Crippen LogP contribution is -2.23. The second kappa shape index (κ2) is 7.60. The number of nitrogens with one attached hydrogen (secondary N) is 2. The van der Waals surface area contributed by atoms with Crippen LogP contribution in [0.5, 0.6) is 0 Å². The molecule has 2 amide bonds. The van der Waals surface area contributed by atoms with E-state index in [1.807, 2.05) is 18.2 Å². The first kappa shape index (κ1) is 17.3. The third kappa shape index (κ3) is 3.94. The van der Waals surface area contributed by atoms with Gasteiger partial charge in [-0.25, -0.2) is 0 Å². The molecule has 7 heteroatoms. The van der Waals surface area contributed by atoms with Crippen LogP contribution in [0.2, 0.25) is 0 Å². The largest absolute Gasteiger partial charge is 0.361 e. The highest BCUT2D eigenvalue weighted by Crippen LogP contribution is 2.16. The van der Waals surface area contributed by atoms with E-state index in [4.69, 9.17) is 4.52 Å². The fraction of sp³-hybridized carbons (Fsp3) is 0.158. The standard InChI is InChI=1S/C19H18N4O3/c1-12-17(13(2)26-23-12)19(25)22-15-8-5-6-14(10-15)18(24)21-11-16-7-3-4-9-20-16/h3-10H,11H2,1-2H3,(H,21,24)(H,22,25). The van der Waals surface area contributed by atoms with E-state index in [1.54, 1.807) is 44.3 Å². The first-order valence-electron chi connectivity index (χ1n) is 8.07. The molecule has 0 atom stereocenters. The zero-order chi connectivity index (χ0) is 18.5. The van der Waals surface area contributed by atoms with E-state index in [9.17, 15) is 9.59 Å². The zero-order valence-electron chi connectivity index (χ0n) is 14.4. The van der Waals surface area contributed by atoms with Crippen molar-refractivity contribution in [1.29, 1.82) is 0 Å². The van der Waals surface area contributed by atoms with E-state index in [-0.39, 0.29) is 11.8 Å². The summed E-state index contributed by atoms with van der Waals surface area (Å²) in [7, 11) is 0. The van der Waals surface area contributed by atoms with Crippen LogP contribution in [-0.4, -0.2) is 22.0 Å². The van der Waals surface area contributed by atoms with Crippen molar-refractivity contribution >= 4 is 17.5 Å². The van der Waals surface area contributed by atoms with Gasteiger partial charge in [-0.05, 0) is 44.2 Å². The third-order valence-electron chi connectivity index (χ3n) is 3.80. The van der Waals surface area contributed by atoms with Crippen LogP contribution >= 0.6 is 0 Å². The molecule has 0 aliphatic heterocycles. The first-order chi connectivity index (χ1) is 12.5. The van der Waals surface area contributed by atoms with Gasteiger partial charge in [0.05, 0.1) is 17.9 Å². The maximum absolute atomic E-state index is 12.4. The van der Waals surface area contributed by atoms with Crippen molar-refractivity contribution < 1.29 is 14.1 Å². The Balaban J connectivity index is 1.68. The number of aromatic nitrogens is 2. The van der Waals surface area contributed by atoms with Crippen molar-refractivity contribution in [3.63, 3.8) is 0 Å². The van der Waals surface area contributed by atoms with Crippen molar-refractivity contribution in [1.82, 2.24) is 15.5 Å². The molecule has 0 fully saturated rings. The predicted molar refractivity (Wildman–Crippen MR) is 95.8 cm³/mol. The normalized spacial score (nSPS) is 10.4. The molecule has 0 radical (unpaired) electrons. The molecule has 0 bridgehead atoms. The summed E-state index contributed by atoms with van der Waals surface area (Å²) >= 11 is 0. The van der Waals surface area contributed by atoms with Crippen LogP contribution < -0.4 is 10.6 Å². The number of carbonyl (C=O) groups is 2. The van der Waals surface area contributed by atoms with Crippen LogP contribution in [0.3, 0.4) is 0 Å². The van der Waals surface area contributed by atoms with Crippen LogP contribution in [0.4, 0.5) is 5.69 Å². The Morgan fingerprint density at radius 3 is 2.62 bits per heavy atom. The predicted octanol–water partition coefficient (Wildman–Crippen LogP) is 2.87. The van der Waals surface area contributed by atoms with Crippen molar-refractivity contribution in [3.8, 4) is 0 Å². The molecule has 0 unspecified atom stereocenters. The molecule has 7 nitrogen and oxygen atoms in total. The Morgan fingerprint density at radius 2 is 1.92 bits per heavy atom. The number of pyridine rings is 1. The summed E-state index contributed by atoms with van der Waals surface area (Å²) in [6.07, 6.45) is 1.67. The second-order valence-corrected chi connectivity index (χ2v) is 5.74. The van der Waals surface area contributed by atoms with E-state index >= 15 is 0 Å². The Bertz CT molecular complexity index is 915. The molecule has 0 spiro atoms. The summed E-state index contributed by atoms with van der Waals surface area (Å²) in [6, 6.07) is 12.2. The maximum Gasteiger partial charge on any atom is 0.261 e. The number of anilines is 1. The monoisotopic (exact) mass is 350 g/mol. The van der Waals surface area contributed by atoms with Gasteiger partial charge in [-0.15, -0.1) is 0 Å². The first-order valence-corrected chi connectivity index (χ1v) is 8.07. The van der Waals surface area contributed by atoms with E-state index < -0.39 is 0 Å². The SMILES string of the molecule is Cc1noc(C)c1C(=O)Nc1cccc(C(=O)NCc2ccccn2)c1. The molecule has 132 valence electrons. The molecule has 1 aromatic carbocycles. The van der Waals surface area contributed by atoms with Gasteiger partial charge in [0.15, 0.2) is 0 Å². The minimum absolute atomic E-state index is 0.246. The molecule has 0 saturated carbocycles. The molecule has 2 N–H and O–H groups in total. The van der Waals surface area contributed by atoms with Gasteiger partial charge in [-0.2, -0.15) is 0 Å². The number of hydrogen-bond acceptors (Lipinski definition) is 5. The van der Waals surface area contributed by atoms with E-state index in [0.717, 1.165) is 5.69 Å². The van der Waals surface area contributed by atoms with Gasteiger partial charge in [0, 0.05) is 17.4 Å². The van der Waals surface area contributed by atoms with Crippen molar-refractivity contribution in [2.75, 3.05) is 5.32 Å². The van der Waals surface area contributed by atoms with Crippen LogP contribution in [-0.2, 0) is 6.54 Å². The highest BCUT2D eigenvalue weighted by molar-refractivity contribution is 6.06. The summed E-state index contributed by atoms with van der Waals surface area (Å²) in [6.45, 7) is 3.71. The minimum atomic E-state index is -0.327. The molecule has 2 heterocycles. The Kier molecular flexibility index (Phi) is 5.07. The van der Waals surface area contributed by atoms with E-state index in [0.29, 0.717) is 34.8 Å². The van der Waals surface area contributed by atoms with Gasteiger partial charge in [-0.3, -0.25) is 14.6 Å². The lowest BCUT2D eigenvalue weighted by molar-refractivity contribution is 0.0949. The van der Waals surface area contributed by atoms with Gasteiger partial charge < -0.3 is 15.2 Å². The van der Waals surface area contributed by atoms with Crippen LogP contribution in [0.15, 0.2) is 53.2 Å². The van der Waals surface area contributed by atoms with Crippen molar-refractivity contribution in [2.24, 2.45) is 0 Å². The number of carbonyl (C=O) groups excluding carboxylic acids is 2. The molecular formula is C19H18N4O3. The number of rotatable bonds is 5. The maximum atomic E-state index is 12.4. The quantitative estimate of drug-likeness (QED) is 0.737. The lowest BCUT2D eigenvalue weighted by Gasteiger charge is -2.08.